The van der Waals surface area contributed by atoms with Crippen LogP contribution in [0.2, 0.25) is 5.02 Å². The largest absolute Gasteiger partial charge is 0.444 e. The molecule has 0 bridgehead atoms. The molecule has 7 heteroatoms. The molecular weight excluding hydrogens is 328 g/mol. The normalized spacial score (nSPS) is 18.8. The number of rotatable bonds is 2. The van der Waals surface area contributed by atoms with E-state index < -0.39 is 5.60 Å². The van der Waals surface area contributed by atoms with Crippen LogP contribution in [0.15, 0.2) is 18.2 Å². The average molecular weight is 351 g/mol. The average Bonchev–Trinajstić information content (AvgIpc) is 2.88. The molecular formula is C17H23ClN4O2. The number of nitrogens with zero attached hydrogens (tertiary/aromatic N) is 4. The third-order valence-corrected chi connectivity index (χ3v) is 4.35. The fraction of sp³-hybridized carbons (Fsp3) is 0.588. The van der Waals surface area contributed by atoms with E-state index in [1.54, 1.807) is 6.07 Å². The van der Waals surface area contributed by atoms with Crippen LogP contribution >= 0.6 is 11.6 Å². The Morgan fingerprint density at radius 1 is 1.38 bits per heavy atom. The van der Waals surface area contributed by atoms with Crippen molar-refractivity contribution in [3.8, 4) is 0 Å². The van der Waals surface area contributed by atoms with Crippen molar-refractivity contribution in [2.75, 3.05) is 6.54 Å². The van der Waals surface area contributed by atoms with E-state index in [1.807, 2.05) is 42.5 Å². The van der Waals surface area contributed by atoms with Gasteiger partial charge in [0.05, 0.1) is 18.1 Å². The van der Waals surface area contributed by atoms with E-state index in [0.29, 0.717) is 18.1 Å². The first-order chi connectivity index (χ1) is 11.3. The molecule has 1 atom stereocenters. The van der Waals surface area contributed by atoms with Gasteiger partial charge in [-0.1, -0.05) is 16.8 Å². The highest BCUT2D eigenvalue weighted by Gasteiger charge is 2.31. The Bertz CT molecular complexity index is 738. The molecule has 1 aliphatic heterocycles. The molecule has 2 aromatic rings. The van der Waals surface area contributed by atoms with Crippen LogP contribution in [0.4, 0.5) is 4.79 Å². The summed E-state index contributed by atoms with van der Waals surface area (Å²) in [5, 5.41) is 9.05. The molecule has 0 saturated carbocycles. The highest BCUT2D eigenvalue weighted by molar-refractivity contribution is 6.31. The van der Waals surface area contributed by atoms with Gasteiger partial charge in [0.15, 0.2) is 0 Å². The first kappa shape index (κ1) is 17.0. The van der Waals surface area contributed by atoms with Gasteiger partial charge in [-0.25, -0.2) is 9.48 Å². The summed E-state index contributed by atoms with van der Waals surface area (Å²) in [7, 11) is 0. The van der Waals surface area contributed by atoms with Crippen LogP contribution < -0.4 is 0 Å². The molecule has 3 rings (SSSR count). The summed E-state index contributed by atoms with van der Waals surface area (Å²) >= 11 is 6.09. The number of likely N-dealkylation sites (tertiary alicyclic amines) is 1. The number of carbonyl (C=O) groups is 1. The second kappa shape index (κ2) is 6.59. The van der Waals surface area contributed by atoms with Gasteiger partial charge in [-0.15, -0.1) is 5.10 Å². The first-order valence-corrected chi connectivity index (χ1v) is 8.70. The number of hydrogen-bond acceptors (Lipinski definition) is 4. The maximum Gasteiger partial charge on any atom is 0.410 e. The Hall–Kier alpha value is -1.82. The molecule has 6 nitrogen and oxygen atoms in total. The molecule has 2 heterocycles. The van der Waals surface area contributed by atoms with Gasteiger partial charge in [-0.3, -0.25) is 0 Å². The third-order valence-electron chi connectivity index (χ3n) is 4.11. The van der Waals surface area contributed by atoms with Crippen molar-refractivity contribution in [3.63, 3.8) is 0 Å². The maximum atomic E-state index is 12.5. The quantitative estimate of drug-likeness (QED) is 0.824. The van der Waals surface area contributed by atoms with Gasteiger partial charge in [0.25, 0.3) is 0 Å². The van der Waals surface area contributed by atoms with Crippen LogP contribution in [-0.2, 0) is 11.3 Å². The van der Waals surface area contributed by atoms with Gasteiger partial charge in [0.1, 0.15) is 11.1 Å². The predicted octanol–water partition coefficient (Wildman–Crippen LogP) is 3.87. The van der Waals surface area contributed by atoms with E-state index in [0.717, 1.165) is 30.3 Å². The maximum absolute atomic E-state index is 12.5. The van der Waals surface area contributed by atoms with Gasteiger partial charge in [-0.05, 0) is 58.2 Å². The molecule has 130 valence electrons. The fourth-order valence-corrected chi connectivity index (χ4v) is 3.19. The van der Waals surface area contributed by atoms with Crippen molar-refractivity contribution in [3.05, 3.63) is 23.2 Å². The zero-order valence-electron chi connectivity index (χ0n) is 14.3. The highest BCUT2D eigenvalue weighted by atomic mass is 35.5. The summed E-state index contributed by atoms with van der Waals surface area (Å²) < 4.78 is 7.38. The lowest BCUT2D eigenvalue weighted by atomic mass is 10.0. The minimum Gasteiger partial charge on any atom is -0.444 e. The number of fused-ring (bicyclic) bond motifs is 1. The molecule has 1 aromatic heterocycles. The monoisotopic (exact) mass is 350 g/mol. The summed E-state index contributed by atoms with van der Waals surface area (Å²) in [6, 6.07) is 5.57. The third kappa shape index (κ3) is 3.80. The fourth-order valence-electron chi connectivity index (χ4n) is 3.02. The second-order valence-corrected chi connectivity index (χ2v) is 7.66. The van der Waals surface area contributed by atoms with Crippen molar-refractivity contribution in [1.29, 1.82) is 0 Å². The number of carbonyl (C=O) groups excluding carboxylic acids is 1. The predicted molar refractivity (Wildman–Crippen MR) is 93.1 cm³/mol. The first-order valence-electron chi connectivity index (χ1n) is 8.32. The number of benzene rings is 1. The zero-order valence-corrected chi connectivity index (χ0v) is 15.1. The van der Waals surface area contributed by atoms with Crippen LogP contribution in [0.5, 0.6) is 0 Å². The molecule has 1 amide bonds. The second-order valence-electron chi connectivity index (χ2n) is 7.23. The number of hydrogen-bond donors (Lipinski definition) is 0. The Morgan fingerprint density at radius 2 is 2.17 bits per heavy atom. The number of amides is 1. The van der Waals surface area contributed by atoms with Crippen LogP contribution in [0.1, 0.15) is 40.0 Å². The topological polar surface area (TPSA) is 60.2 Å². The number of aromatic nitrogens is 3. The Morgan fingerprint density at radius 3 is 2.92 bits per heavy atom. The molecule has 1 saturated heterocycles. The van der Waals surface area contributed by atoms with E-state index in [9.17, 15) is 4.79 Å². The lowest BCUT2D eigenvalue weighted by Gasteiger charge is -2.36. The van der Waals surface area contributed by atoms with E-state index in [1.165, 1.54) is 0 Å². The Labute approximate surface area is 146 Å². The van der Waals surface area contributed by atoms with Gasteiger partial charge in [0.2, 0.25) is 0 Å². The SMILES string of the molecule is CC(C)(C)OC(=O)N1CCCCC1Cn1nnc2ccc(Cl)cc21. The summed E-state index contributed by atoms with van der Waals surface area (Å²) in [5.41, 5.74) is 1.20. The van der Waals surface area contributed by atoms with Crippen LogP contribution in [0.25, 0.3) is 11.0 Å². The van der Waals surface area contributed by atoms with Crippen molar-refractivity contribution in [2.24, 2.45) is 0 Å². The molecule has 1 aliphatic rings. The zero-order chi connectivity index (χ0) is 17.3. The van der Waals surface area contributed by atoms with Crippen molar-refractivity contribution in [2.45, 2.75) is 58.2 Å². The number of halogens is 1. The molecule has 1 fully saturated rings. The smallest absolute Gasteiger partial charge is 0.410 e. The van der Waals surface area contributed by atoms with Crippen molar-refractivity contribution >= 4 is 28.7 Å². The van der Waals surface area contributed by atoms with E-state index in [2.05, 4.69) is 10.3 Å². The van der Waals surface area contributed by atoms with Gasteiger partial charge >= 0.3 is 6.09 Å². The van der Waals surface area contributed by atoms with Crippen LogP contribution in [-0.4, -0.2) is 44.2 Å². The minimum absolute atomic E-state index is 0.0532. The Kier molecular flexibility index (Phi) is 4.67. The van der Waals surface area contributed by atoms with E-state index >= 15 is 0 Å². The van der Waals surface area contributed by atoms with Crippen LogP contribution in [0, 0.1) is 0 Å². The van der Waals surface area contributed by atoms with Gasteiger partial charge in [-0.2, -0.15) is 0 Å². The lowest BCUT2D eigenvalue weighted by Crippen LogP contribution is -2.48. The van der Waals surface area contributed by atoms with Crippen molar-refractivity contribution in [1.82, 2.24) is 19.9 Å². The number of ether oxygens (including phenoxy) is 1. The highest BCUT2D eigenvalue weighted by Crippen LogP contribution is 2.23. The summed E-state index contributed by atoms with van der Waals surface area (Å²) in [6.45, 7) is 6.97. The van der Waals surface area contributed by atoms with E-state index in [4.69, 9.17) is 16.3 Å². The summed E-state index contributed by atoms with van der Waals surface area (Å²) in [4.78, 5) is 14.3. The summed E-state index contributed by atoms with van der Waals surface area (Å²) in [5.74, 6) is 0. The lowest BCUT2D eigenvalue weighted by molar-refractivity contribution is 0.00748. The summed E-state index contributed by atoms with van der Waals surface area (Å²) in [6.07, 6.45) is 2.77. The van der Waals surface area contributed by atoms with Gasteiger partial charge < -0.3 is 9.64 Å². The molecule has 0 N–H and O–H groups in total. The minimum atomic E-state index is -0.493. The molecule has 0 radical (unpaired) electrons. The molecule has 0 aliphatic carbocycles. The Balaban J connectivity index is 1.80. The standard InChI is InChI=1S/C17H23ClN4O2/c1-17(2,3)24-16(23)21-9-5-4-6-13(21)11-22-15-10-12(18)7-8-14(15)19-20-22/h7-8,10,13H,4-6,9,11H2,1-3H3. The number of piperidine rings is 1. The van der Waals surface area contributed by atoms with Crippen LogP contribution in [0.3, 0.4) is 0 Å². The molecule has 1 aromatic carbocycles. The molecule has 24 heavy (non-hydrogen) atoms. The van der Waals surface area contributed by atoms with Crippen molar-refractivity contribution < 1.29 is 9.53 Å². The van der Waals surface area contributed by atoms with Gasteiger partial charge in [0, 0.05) is 11.6 Å². The molecule has 1 unspecified atom stereocenters. The molecule has 0 spiro atoms. The van der Waals surface area contributed by atoms with E-state index in [-0.39, 0.29) is 12.1 Å².